The smallest absolute Gasteiger partial charge is 0.298 e. The van der Waals surface area contributed by atoms with E-state index in [0.717, 1.165) is 12.8 Å². The van der Waals surface area contributed by atoms with Crippen molar-refractivity contribution < 1.29 is 17.7 Å². The zero-order chi connectivity index (χ0) is 23.8. The van der Waals surface area contributed by atoms with Gasteiger partial charge >= 0.3 is 0 Å². The molecule has 0 heterocycles. The van der Waals surface area contributed by atoms with Crippen molar-refractivity contribution in [2.45, 2.75) is 108 Å². The van der Waals surface area contributed by atoms with Crippen LogP contribution >= 0.6 is 0 Å². The third-order valence-corrected chi connectivity index (χ3v) is 7.07. The van der Waals surface area contributed by atoms with Crippen LogP contribution in [0.5, 0.6) is 11.5 Å². The third kappa shape index (κ3) is 11.2. The van der Waals surface area contributed by atoms with Crippen LogP contribution in [0.3, 0.4) is 0 Å². The van der Waals surface area contributed by atoms with Crippen LogP contribution in [0.1, 0.15) is 102 Å². The van der Waals surface area contributed by atoms with Crippen LogP contribution in [0.25, 0.3) is 0 Å². The van der Waals surface area contributed by atoms with E-state index in [1.165, 1.54) is 77.0 Å². The molecule has 0 spiro atoms. The summed E-state index contributed by atoms with van der Waals surface area (Å²) in [6.45, 7) is 2.26. The van der Waals surface area contributed by atoms with Crippen LogP contribution in [0.4, 0.5) is 0 Å². The summed E-state index contributed by atoms with van der Waals surface area (Å²) >= 11 is 0. The van der Waals surface area contributed by atoms with E-state index in [9.17, 15) is 13.0 Å². The van der Waals surface area contributed by atoms with Gasteiger partial charge in [-0.3, -0.25) is 4.55 Å². The van der Waals surface area contributed by atoms with Crippen LogP contribution in [0.2, 0.25) is 0 Å². The number of hydrogen-bond acceptors (Lipinski definition) is 3. The third-order valence-electron chi connectivity index (χ3n) is 6.09. The Morgan fingerprint density at radius 1 is 0.667 bits per heavy atom. The Morgan fingerprint density at radius 3 is 1.70 bits per heavy atom. The highest BCUT2D eigenvalue weighted by Crippen LogP contribution is 2.32. The van der Waals surface area contributed by atoms with Gasteiger partial charge in [0.2, 0.25) is 0 Å². The maximum Gasteiger partial charge on any atom is 0.298 e. The van der Waals surface area contributed by atoms with E-state index in [-0.39, 0.29) is 10.6 Å². The first-order valence-electron chi connectivity index (χ1n) is 12.8. The number of para-hydroxylation sites is 1. The summed E-state index contributed by atoms with van der Waals surface area (Å²) in [7, 11) is -4.38. The first-order chi connectivity index (χ1) is 16.0. The zero-order valence-electron chi connectivity index (χ0n) is 20.3. The lowest BCUT2D eigenvalue weighted by Crippen LogP contribution is -2.06. The molecule has 0 aromatic heterocycles. The lowest BCUT2D eigenvalue weighted by molar-refractivity contribution is 0.447. The van der Waals surface area contributed by atoms with Crippen molar-refractivity contribution in [3.63, 3.8) is 0 Å². The van der Waals surface area contributed by atoms with Crippen molar-refractivity contribution in [2.24, 2.45) is 0 Å². The van der Waals surface area contributed by atoms with Crippen molar-refractivity contribution in [1.29, 1.82) is 0 Å². The molecule has 5 heteroatoms. The van der Waals surface area contributed by atoms with Gasteiger partial charge < -0.3 is 4.74 Å². The SMILES string of the molecule is CCCCCCCCCCCCCCCCc1cccc(Oc2ccccc2)c1S(=O)(=O)O. The molecule has 0 aliphatic carbocycles. The Hall–Kier alpha value is -1.85. The predicted octanol–water partition coefficient (Wildman–Crippen LogP) is 8.75. The summed E-state index contributed by atoms with van der Waals surface area (Å²) in [5.41, 5.74) is 0.616. The van der Waals surface area contributed by atoms with Crippen molar-refractivity contribution in [2.75, 3.05) is 0 Å². The van der Waals surface area contributed by atoms with E-state index in [4.69, 9.17) is 4.74 Å². The van der Waals surface area contributed by atoms with Crippen molar-refractivity contribution in [3.8, 4) is 11.5 Å². The minimum Gasteiger partial charge on any atom is -0.456 e. The first kappa shape index (κ1) is 27.4. The second-order valence-corrected chi connectivity index (χ2v) is 10.3. The second kappa shape index (κ2) is 15.9. The van der Waals surface area contributed by atoms with Crippen LogP contribution in [0.15, 0.2) is 53.4 Å². The molecule has 0 aliphatic heterocycles. The van der Waals surface area contributed by atoms with Crippen molar-refractivity contribution in [3.05, 3.63) is 54.1 Å². The highest BCUT2D eigenvalue weighted by molar-refractivity contribution is 7.86. The van der Waals surface area contributed by atoms with Crippen LogP contribution < -0.4 is 4.74 Å². The van der Waals surface area contributed by atoms with Gasteiger partial charge in [0.15, 0.2) is 0 Å². The molecule has 0 saturated heterocycles. The summed E-state index contributed by atoms with van der Waals surface area (Å²) in [5.74, 6) is 0.711. The quantitative estimate of drug-likeness (QED) is 0.173. The summed E-state index contributed by atoms with van der Waals surface area (Å²) in [6.07, 6.45) is 18.5. The number of rotatable bonds is 18. The van der Waals surface area contributed by atoms with E-state index < -0.39 is 10.1 Å². The molecule has 0 unspecified atom stereocenters. The number of hydrogen-bond donors (Lipinski definition) is 1. The molecule has 0 saturated carbocycles. The molecule has 2 rings (SSSR count). The van der Waals surface area contributed by atoms with Gasteiger partial charge in [-0.15, -0.1) is 0 Å². The molecule has 33 heavy (non-hydrogen) atoms. The Bertz CT molecular complexity index is 878. The Morgan fingerprint density at radius 2 is 1.18 bits per heavy atom. The monoisotopic (exact) mass is 474 g/mol. The van der Waals surface area contributed by atoms with Gasteiger partial charge in [0.05, 0.1) is 0 Å². The molecule has 2 aromatic rings. The zero-order valence-corrected chi connectivity index (χ0v) is 21.1. The Kier molecular flexibility index (Phi) is 13.2. The molecular weight excluding hydrogens is 432 g/mol. The van der Waals surface area contributed by atoms with Crippen molar-refractivity contribution in [1.82, 2.24) is 0 Å². The fourth-order valence-electron chi connectivity index (χ4n) is 4.26. The fraction of sp³-hybridized carbons (Fsp3) is 0.571. The van der Waals surface area contributed by atoms with Gasteiger partial charge in [0.1, 0.15) is 16.4 Å². The van der Waals surface area contributed by atoms with E-state index in [1.54, 1.807) is 30.3 Å². The normalized spacial score (nSPS) is 11.6. The predicted molar refractivity (Wildman–Crippen MR) is 137 cm³/mol. The van der Waals surface area contributed by atoms with Gasteiger partial charge in [0.25, 0.3) is 10.1 Å². The van der Waals surface area contributed by atoms with E-state index >= 15 is 0 Å². The fourth-order valence-corrected chi connectivity index (χ4v) is 5.12. The molecule has 0 radical (unpaired) electrons. The molecule has 4 nitrogen and oxygen atoms in total. The number of ether oxygens (including phenoxy) is 1. The maximum absolute atomic E-state index is 12.1. The Labute approximate surface area is 201 Å². The minimum atomic E-state index is -4.38. The summed E-state index contributed by atoms with van der Waals surface area (Å²) in [4.78, 5) is -0.108. The van der Waals surface area contributed by atoms with E-state index in [0.29, 0.717) is 17.7 Å². The van der Waals surface area contributed by atoms with E-state index in [2.05, 4.69) is 6.92 Å². The number of aryl methyl sites for hydroxylation is 1. The highest BCUT2D eigenvalue weighted by atomic mass is 32.2. The minimum absolute atomic E-state index is 0.108. The topological polar surface area (TPSA) is 63.6 Å². The highest BCUT2D eigenvalue weighted by Gasteiger charge is 2.21. The number of benzene rings is 2. The lowest BCUT2D eigenvalue weighted by atomic mass is 10.0. The first-order valence-corrected chi connectivity index (χ1v) is 14.3. The summed E-state index contributed by atoms with van der Waals surface area (Å²) < 4.78 is 39.8. The summed E-state index contributed by atoms with van der Waals surface area (Å²) in [5, 5.41) is 0. The molecule has 0 fully saturated rings. The maximum atomic E-state index is 12.1. The van der Waals surface area contributed by atoms with Gasteiger partial charge in [-0.05, 0) is 36.6 Å². The van der Waals surface area contributed by atoms with Gasteiger partial charge in [-0.2, -0.15) is 8.42 Å². The Balaban J connectivity index is 1.68. The van der Waals surface area contributed by atoms with Gasteiger partial charge in [-0.1, -0.05) is 121 Å². The molecule has 1 N–H and O–H groups in total. The standard InChI is InChI=1S/C28H42O4S/c1-2-3-4-5-6-7-8-9-10-11-12-13-14-16-20-25-21-19-24-27(28(25)33(29,30)31)32-26-22-17-15-18-23-26/h15,17-19,21-24H,2-14,16,20H2,1H3,(H,29,30,31). The van der Waals surface area contributed by atoms with Crippen molar-refractivity contribution >= 4 is 10.1 Å². The molecule has 0 atom stereocenters. The second-order valence-electron chi connectivity index (χ2n) is 8.98. The van der Waals surface area contributed by atoms with E-state index in [1.807, 2.05) is 18.2 Å². The average molecular weight is 475 g/mol. The van der Waals surface area contributed by atoms with Gasteiger partial charge in [0, 0.05) is 0 Å². The summed E-state index contributed by atoms with van der Waals surface area (Å²) in [6, 6.07) is 14.2. The molecule has 0 amide bonds. The molecule has 0 aliphatic rings. The largest absolute Gasteiger partial charge is 0.456 e. The van der Waals surface area contributed by atoms with Crippen LogP contribution in [-0.4, -0.2) is 13.0 Å². The number of unbranched alkanes of at least 4 members (excludes halogenated alkanes) is 13. The lowest BCUT2D eigenvalue weighted by Gasteiger charge is -2.13. The van der Waals surface area contributed by atoms with Gasteiger partial charge in [-0.25, -0.2) is 0 Å². The molecule has 0 bridgehead atoms. The molecule has 184 valence electrons. The molecular formula is C28H42O4S. The van der Waals surface area contributed by atoms with Crippen LogP contribution in [-0.2, 0) is 16.5 Å². The average Bonchev–Trinajstić information content (AvgIpc) is 2.79. The van der Waals surface area contributed by atoms with Crippen LogP contribution in [0, 0.1) is 0 Å². The molecule has 2 aromatic carbocycles.